The lowest BCUT2D eigenvalue weighted by Gasteiger charge is -2.35. The summed E-state index contributed by atoms with van der Waals surface area (Å²) in [4.78, 5) is 6.69. The Bertz CT molecular complexity index is 1730. The molecule has 2 N–H and O–H groups in total. The second-order valence-electron chi connectivity index (χ2n) is 10.8. The van der Waals surface area contributed by atoms with Gasteiger partial charge in [-0.25, -0.2) is 0 Å². The average Bonchev–Trinajstić information content (AvgIpc) is 3.41. The van der Waals surface area contributed by atoms with Crippen LogP contribution < -0.4 is 14.8 Å². The Balaban J connectivity index is 1.47. The molecule has 3 aromatic carbocycles. The van der Waals surface area contributed by atoms with Crippen molar-refractivity contribution in [2.45, 2.75) is 39.8 Å². The van der Waals surface area contributed by atoms with Gasteiger partial charge >= 0.3 is 0 Å². The van der Waals surface area contributed by atoms with E-state index >= 15 is 0 Å². The second kappa shape index (κ2) is 10.5. The van der Waals surface area contributed by atoms with Crippen LogP contribution in [0.4, 0.5) is 5.69 Å². The van der Waals surface area contributed by atoms with Gasteiger partial charge in [-0.15, -0.1) is 11.3 Å². The van der Waals surface area contributed by atoms with Gasteiger partial charge in [0.25, 0.3) is 0 Å². The third-order valence-corrected chi connectivity index (χ3v) is 8.16. The summed E-state index contributed by atoms with van der Waals surface area (Å²) in [7, 11) is 1.56. The number of allylic oxidation sites excluding steroid dienone is 1. The summed E-state index contributed by atoms with van der Waals surface area (Å²) in [5.41, 5.74) is 8.51. The number of methoxy groups -OCH3 is 1. The summed E-state index contributed by atoms with van der Waals surface area (Å²) in [6, 6.07) is 19.6. The van der Waals surface area contributed by atoms with Crippen molar-refractivity contribution < 1.29 is 19.4 Å². The molecule has 6 rings (SSSR count). The molecule has 2 aliphatic rings. The number of anilines is 1. The van der Waals surface area contributed by atoms with Crippen molar-refractivity contribution in [3.05, 3.63) is 99.3 Å². The van der Waals surface area contributed by atoms with Gasteiger partial charge in [0, 0.05) is 32.8 Å². The number of hydrogen-bond acceptors (Lipinski definition) is 7. The molecule has 3 heterocycles. The predicted octanol–water partition coefficient (Wildman–Crippen LogP) is 8.57. The fraction of sp³-hybridized carbons (Fsp3) is 0.206. The van der Waals surface area contributed by atoms with Crippen molar-refractivity contribution >= 4 is 40.1 Å². The van der Waals surface area contributed by atoms with E-state index < -0.39 is 0 Å². The quantitative estimate of drug-likeness (QED) is 0.181. The third kappa shape index (κ3) is 4.98. The van der Waals surface area contributed by atoms with Crippen molar-refractivity contribution in [1.82, 2.24) is 0 Å². The van der Waals surface area contributed by atoms with Crippen LogP contribution >= 0.6 is 11.3 Å². The number of thiophene rings is 1. The molecule has 6 nitrogen and oxygen atoms in total. The van der Waals surface area contributed by atoms with E-state index in [9.17, 15) is 5.11 Å². The monoisotopic (exact) mass is 564 g/mol. The van der Waals surface area contributed by atoms with E-state index in [-0.39, 0.29) is 11.3 Å². The lowest BCUT2D eigenvalue weighted by atomic mass is 9.83. The highest BCUT2D eigenvalue weighted by molar-refractivity contribution is 7.11. The van der Waals surface area contributed by atoms with E-state index in [4.69, 9.17) is 14.3 Å². The van der Waals surface area contributed by atoms with E-state index in [0.717, 1.165) is 55.2 Å². The number of oxime groups is 1. The van der Waals surface area contributed by atoms with Crippen LogP contribution in [0.5, 0.6) is 17.2 Å². The van der Waals surface area contributed by atoms with Gasteiger partial charge < -0.3 is 24.7 Å². The first kappa shape index (κ1) is 26.7. The molecule has 0 amide bonds. The molecule has 0 saturated carbocycles. The number of aromatic hydroxyl groups is 1. The Morgan fingerprint density at radius 1 is 1.05 bits per heavy atom. The minimum absolute atomic E-state index is 0.0698. The molecular weight excluding hydrogens is 532 g/mol. The molecule has 0 unspecified atom stereocenters. The zero-order valence-electron chi connectivity index (χ0n) is 23.7. The first-order valence-corrected chi connectivity index (χ1v) is 14.4. The van der Waals surface area contributed by atoms with Crippen LogP contribution in [0.1, 0.15) is 54.8 Å². The minimum Gasteiger partial charge on any atom is -0.504 e. The smallest absolute Gasteiger partial charge is 0.172 e. The van der Waals surface area contributed by atoms with Gasteiger partial charge in [0.05, 0.1) is 23.9 Å². The molecular formula is C34H32N2O4S. The normalized spacial score (nSPS) is 16.1. The van der Waals surface area contributed by atoms with Crippen molar-refractivity contribution in [2.75, 3.05) is 12.4 Å². The number of hydrogen-bond donors (Lipinski definition) is 2. The van der Waals surface area contributed by atoms with Crippen molar-refractivity contribution in [3.8, 4) is 28.4 Å². The maximum absolute atomic E-state index is 10.6. The number of nitrogens with zero attached hydrogens (tertiary/aromatic N) is 1. The summed E-state index contributed by atoms with van der Waals surface area (Å²) in [6.07, 6.45) is 4.31. The van der Waals surface area contributed by atoms with Crippen molar-refractivity contribution in [2.24, 2.45) is 5.16 Å². The molecule has 2 aliphatic heterocycles. The van der Waals surface area contributed by atoms with Gasteiger partial charge in [-0.3, -0.25) is 0 Å². The number of ether oxygens (including phenoxy) is 2. The molecule has 0 fully saturated rings. The molecule has 0 aliphatic carbocycles. The van der Waals surface area contributed by atoms with Crippen LogP contribution in [-0.2, 0) is 11.4 Å². The Morgan fingerprint density at radius 3 is 2.63 bits per heavy atom. The summed E-state index contributed by atoms with van der Waals surface area (Å²) < 4.78 is 12.3. The first-order valence-electron chi connectivity index (χ1n) is 13.5. The molecule has 0 saturated heterocycles. The topological polar surface area (TPSA) is 72.3 Å². The van der Waals surface area contributed by atoms with Crippen LogP contribution in [0.2, 0.25) is 0 Å². The van der Waals surface area contributed by atoms with Crippen LogP contribution in [-0.4, -0.2) is 23.5 Å². The molecule has 41 heavy (non-hydrogen) atoms. The minimum atomic E-state index is -0.188. The van der Waals surface area contributed by atoms with Crippen LogP contribution in [0.25, 0.3) is 28.5 Å². The summed E-state index contributed by atoms with van der Waals surface area (Å²) in [5, 5.41) is 20.7. The Labute approximate surface area is 244 Å². The van der Waals surface area contributed by atoms with Gasteiger partial charge in [-0.1, -0.05) is 47.6 Å². The number of fused-ring (bicyclic) bond motifs is 5. The van der Waals surface area contributed by atoms with Crippen LogP contribution in [0, 0.1) is 0 Å². The molecule has 1 aromatic heterocycles. The third-order valence-electron chi connectivity index (χ3n) is 7.29. The number of benzene rings is 3. The van der Waals surface area contributed by atoms with Crippen LogP contribution in [0.3, 0.4) is 0 Å². The van der Waals surface area contributed by atoms with Crippen molar-refractivity contribution in [3.63, 3.8) is 0 Å². The highest BCUT2D eigenvalue weighted by atomic mass is 32.1. The number of nitrogens with one attached hydrogen (secondary N) is 1. The van der Waals surface area contributed by atoms with E-state index in [2.05, 4.69) is 61.6 Å². The largest absolute Gasteiger partial charge is 0.504 e. The Hall–Kier alpha value is -4.49. The maximum atomic E-state index is 10.6. The summed E-state index contributed by atoms with van der Waals surface area (Å²) >= 11 is 1.62. The van der Waals surface area contributed by atoms with E-state index in [1.165, 1.54) is 0 Å². The van der Waals surface area contributed by atoms with Gasteiger partial charge in [-0.2, -0.15) is 0 Å². The highest BCUT2D eigenvalue weighted by Crippen LogP contribution is 2.54. The summed E-state index contributed by atoms with van der Waals surface area (Å²) in [5.74, 6) is 1.80. The maximum Gasteiger partial charge on any atom is 0.172 e. The lowest BCUT2D eigenvalue weighted by Crippen LogP contribution is -2.32. The van der Waals surface area contributed by atoms with Gasteiger partial charge in [-0.05, 0) is 74.6 Å². The fourth-order valence-corrected chi connectivity index (χ4v) is 6.50. The molecule has 208 valence electrons. The molecule has 0 radical (unpaired) electrons. The first-order chi connectivity index (χ1) is 19.8. The second-order valence-corrected chi connectivity index (χ2v) is 11.8. The van der Waals surface area contributed by atoms with E-state index in [0.29, 0.717) is 23.9 Å². The van der Waals surface area contributed by atoms with Gasteiger partial charge in [0.2, 0.25) is 0 Å². The number of phenols is 1. The zero-order valence-corrected chi connectivity index (χ0v) is 24.6. The number of phenolic OH excluding ortho intramolecular Hbond substituents is 1. The highest BCUT2D eigenvalue weighted by Gasteiger charge is 2.33. The Kier molecular flexibility index (Phi) is 6.83. The lowest BCUT2D eigenvalue weighted by molar-refractivity contribution is 0.130. The van der Waals surface area contributed by atoms with Gasteiger partial charge in [0.1, 0.15) is 18.1 Å². The van der Waals surface area contributed by atoms with Gasteiger partial charge in [0.15, 0.2) is 11.5 Å². The molecule has 0 spiro atoms. The molecule has 4 aromatic rings. The predicted molar refractivity (Wildman–Crippen MR) is 168 cm³/mol. The number of rotatable bonds is 6. The van der Waals surface area contributed by atoms with E-state index in [1.807, 2.05) is 42.6 Å². The molecule has 7 heteroatoms. The summed E-state index contributed by atoms with van der Waals surface area (Å²) in [6.45, 7) is 8.80. The average molecular weight is 565 g/mol. The standard InChI is InChI=1S/C34H32N2O4S/c1-20-18-34(3,4)35-25-12-11-24-31(30(20)25)28(40-27-14-13-26(37)33(38-5)32(24)27)17-29-23(15-16-41-29)21(2)36-39-19-22-9-7-6-8-10-22/h6-18,35,37H,19H2,1-5H3. The van der Waals surface area contributed by atoms with Crippen LogP contribution in [0.15, 0.2) is 77.3 Å². The molecule has 0 atom stereocenters. The Morgan fingerprint density at radius 2 is 1.85 bits per heavy atom. The SMILES string of the molecule is COc1c(O)ccc2c1-c1ccc3c(c1C(=Cc1sccc1C(C)=NOCc1ccccc1)O2)C(C)=CC(C)(C)N3. The van der Waals surface area contributed by atoms with Crippen molar-refractivity contribution in [1.29, 1.82) is 0 Å². The molecule has 0 bridgehead atoms. The zero-order chi connectivity index (χ0) is 28.7. The van der Waals surface area contributed by atoms with E-state index in [1.54, 1.807) is 30.6 Å². The fourth-order valence-electron chi connectivity index (χ4n) is 5.63.